The molecule has 3 rings (SSSR count). The second kappa shape index (κ2) is 9.78. The lowest BCUT2D eigenvalue weighted by molar-refractivity contribution is 0.0587. The number of nitrogens with zero attached hydrogens (tertiary/aromatic N) is 1. The molecule has 166 valence electrons. The second-order valence-corrected chi connectivity index (χ2v) is 6.70. The number of rotatable bonds is 6. The maximum absolute atomic E-state index is 13.3. The summed E-state index contributed by atoms with van der Waals surface area (Å²) in [6.07, 6.45) is 3.90. The van der Waals surface area contributed by atoms with Crippen LogP contribution in [0.15, 0.2) is 47.3 Å². The fourth-order valence-corrected chi connectivity index (χ4v) is 3.08. The van der Waals surface area contributed by atoms with Crippen LogP contribution in [0.25, 0.3) is 18.0 Å². The monoisotopic (exact) mass is 439 g/mol. The third-order valence-electron chi connectivity index (χ3n) is 4.67. The van der Waals surface area contributed by atoms with Gasteiger partial charge >= 0.3 is 11.9 Å². The van der Waals surface area contributed by atoms with Crippen LogP contribution < -0.4 is 21.4 Å². The Morgan fingerprint density at radius 2 is 1.78 bits per heavy atom. The number of carbonyl (C=O) groups is 2. The summed E-state index contributed by atoms with van der Waals surface area (Å²) in [7, 11) is 2.49. The van der Waals surface area contributed by atoms with Crippen molar-refractivity contribution in [2.75, 3.05) is 19.5 Å². The third-order valence-corrected chi connectivity index (χ3v) is 4.67. The van der Waals surface area contributed by atoms with Gasteiger partial charge in [0.15, 0.2) is 0 Å². The summed E-state index contributed by atoms with van der Waals surface area (Å²) in [4.78, 5) is 37.1. The van der Waals surface area contributed by atoms with Gasteiger partial charge in [-0.3, -0.25) is 9.89 Å². The normalized spacial score (nSPS) is 12.0. The van der Waals surface area contributed by atoms with Gasteiger partial charge in [0.1, 0.15) is 5.82 Å². The summed E-state index contributed by atoms with van der Waals surface area (Å²) in [6.45, 7) is 1.92. The van der Waals surface area contributed by atoms with Crippen molar-refractivity contribution in [3.05, 3.63) is 80.3 Å². The molecule has 0 fully saturated rings. The molecule has 1 aromatic heterocycles. The van der Waals surface area contributed by atoms with Gasteiger partial charge < -0.3 is 14.8 Å². The first kappa shape index (κ1) is 22.5. The fourth-order valence-electron chi connectivity index (χ4n) is 3.08. The first-order chi connectivity index (χ1) is 15.4. The number of nitrogens with one attached hydrogen (secondary N) is 2. The summed E-state index contributed by atoms with van der Waals surface area (Å²) in [5, 5.41) is 6.76. The molecule has 0 aliphatic carbocycles. The highest BCUT2D eigenvalue weighted by atomic mass is 19.1. The number of aromatic nitrogens is 2. The van der Waals surface area contributed by atoms with Crippen LogP contribution in [0.3, 0.4) is 0 Å². The minimum atomic E-state index is -0.615. The molecule has 0 unspecified atom stereocenters. The van der Waals surface area contributed by atoms with Crippen molar-refractivity contribution in [2.24, 2.45) is 0 Å². The number of halogens is 1. The Labute approximate surface area is 182 Å². The molecular weight excluding hydrogens is 417 g/mol. The molecule has 0 bridgehead atoms. The summed E-state index contributed by atoms with van der Waals surface area (Å²) in [5.41, 5.74) is 0.731. The van der Waals surface area contributed by atoms with Crippen molar-refractivity contribution >= 4 is 29.9 Å². The SMILES string of the molecule is CCC=c1[nH]n(-c2ccc(F)cc2)c(=O)c1=CNc1cc(C(=O)OC)ccc1C(=O)OC. The molecule has 2 N–H and O–H groups in total. The summed E-state index contributed by atoms with van der Waals surface area (Å²) in [5.74, 6) is -1.61. The zero-order valence-corrected chi connectivity index (χ0v) is 17.8. The zero-order chi connectivity index (χ0) is 23.3. The van der Waals surface area contributed by atoms with Crippen molar-refractivity contribution in [3.63, 3.8) is 0 Å². The maximum Gasteiger partial charge on any atom is 0.339 e. The number of anilines is 1. The molecule has 0 radical (unpaired) electrons. The summed E-state index contributed by atoms with van der Waals surface area (Å²) < 4.78 is 24.1. The number of hydrogen-bond donors (Lipinski definition) is 2. The van der Waals surface area contributed by atoms with E-state index in [-0.39, 0.29) is 27.6 Å². The van der Waals surface area contributed by atoms with E-state index >= 15 is 0 Å². The van der Waals surface area contributed by atoms with Gasteiger partial charge in [0.2, 0.25) is 0 Å². The molecule has 0 amide bonds. The Kier molecular flexibility index (Phi) is 6.89. The first-order valence-corrected chi connectivity index (χ1v) is 9.74. The molecule has 0 aliphatic heterocycles. The lowest BCUT2D eigenvalue weighted by Crippen LogP contribution is -2.35. The van der Waals surface area contributed by atoms with E-state index in [0.717, 1.165) is 0 Å². The minimum Gasteiger partial charge on any atom is -0.465 e. The van der Waals surface area contributed by atoms with Gasteiger partial charge in [-0.25, -0.2) is 18.7 Å². The van der Waals surface area contributed by atoms with E-state index in [1.165, 1.54) is 67.6 Å². The Morgan fingerprint density at radius 3 is 2.41 bits per heavy atom. The minimum absolute atomic E-state index is 0.173. The molecule has 8 nitrogen and oxygen atoms in total. The highest BCUT2D eigenvalue weighted by Gasteiger charge is 2.15. The van der Waals surface area contributed by atoms with Crippen LogP contribution in [0.2, 0.25) is 0 Å². The van der Waals surface area contributed by atoms with E-state index in [1.54, 1.807) is 0 Å². The number of benzene rings is 2. The van der Waals surface area contributed by atoms with Crippen molar-refractivity contribution in [2.45, 2.75) is 13.3 Å². The summed E-state index contributed by atoms with van der Waals surface area (Å²) >= 11 is 0. The largest absolute Gasteiger partial charge is 0.465 e. The fraction of sp³-hybridized carbons (Fsp3) is 0.174. The van der Waals surface area contributed by atoms with Gasteiger partial charge in [0.25, 0.3) is 5.56 Å². The van der Waals surface area contributed by atoms with Gasteiger partial charge in [0.05, 0.1) is 47.3 Å². The molecule has 1 heterocycles. The molecule has 3 aromatic rings. The molecule has 0 saturated heterocycles. The highest BCUT2D eigenvalue weighted by molar-refractivity contribution is 5.99. The predicted octanol–water partition coefficient (Wildman–Crippen LogP) is 1.92. The number of esters is 2. The van der Waals surface area contributed by atoms with Gasteiger partial charge in [-0.05, 0) is 48.9 Å². The van der Waals surface area contributed by atoms with Crippen LogP contribution in [-0.2, 0) is 9.47 Å². The Balaban J connectivity index is 2.14. The van der Waals surface area contributed by atoms with E-state index in [9.17, 15) is 18.8 Å². The van der Waals surface area contributed by atoms with Crippen molar-refractivity contribution in [1.29, 1.82) is 0 Å². The number of methoxy groups -OCH3 is 2. The van der Waals surface area contributed by atoms with Crippen LogP contribution in [-0.4, -0.2) is 35.9 Å². The number of carbonyl (C=O) groups excluding carboxylic acids is 2. The van der Waals surface area contributed by atoms with E-state index in [4.69, 9.17) is 9.47 Å². The number of ether oxygens (including phenoxy) is 2. The Morgan fingerprint density at radius 1 is 1.09 bits per heavy atom. The second-order valence-electron chi connectivity index (χ2n) is 6.70. The number of H-pyrrole nitrogens is 1. The molecule has 2 aromatic carbocycles. The number of hydrogen-bond acceptors (Lipinski definition) is 6. The molecule has 0 saturated carbocycles. The molecule has 32 heavy (non-hydrogen) atoms. The topological polar surface area (TPSA) is 102 Å². The predicted molar refractivity (Wildman–Crippen MR) is 118 cm³/mol. The van der Waals surface area contributed by atoms with Crippen LogP contribution >= 0.6 is 0 Å². The van der Waals surface area contributed by atoms with Gasteiger partial charge in [-0.15, -0.1) is 0 Å². The molecule has 0 aliphatic rings. The van der Waals surface area contributed by atoms with Crippen molar-refractivity contribution in [1.82, 2.24) is 9.78 Å². The van der Waals surface area contributed by atoms with E-state index in [0.29, 0.717) is 17.5 Å². The Hall–Kier alpha value is -4.14. The average molecular weight is 439 g/mol. The molecular formula is C23H22FN3O5. The third kappa shape index (κ3) is 4.61. The first-order valence-electron chi connectivity index (χ1n) is 9.74. The maximum atomic E-state index is 13.3. The van der Waals surface area contributed by atoms with Crippen LogP contribution in [0, 0.1) is 5.82 Å². The quantitative estimate of drug-likeness (QED) is 0.569. The average Bonchev–Trinajstić information content (AvgIpc) is 3.12. The van der Waals surface area contributed by atoms with Gasteiger partial charge in [-0.1, -0.05) is 13.0 Å². The van der Waals surface area contributed by atoms with E-state index in [2.05, 4.69) is 10.4 Å². The standard InChI is InChI=1S/C23H22FN3O5/c1-4-5-19-18(21(28)27(26-19)16-9-7-15(24)8-10-16)13-25-20-12-14(22(29)31-2)6-11-17(20)23(30)32-3/h5-13,25-26H,4H2,1-3H3. The lowest BCUT2D eigenvalue weighted by Gasteiger charge is -2.09. The Bertz CT molecular complexity index is 1320. The molecule has 0 atom stereocenters. The number of aromatic amines is 1. The van der Waals surface area contributed by atoms with E-state index < -0.39 is 17.8 Å². The smallest absolute Gasteiger partial charge is 0.339 e. The lowest BCUT2D eigenvalue weighted by atomic mass is 10.1. The molecule has 0 spiro atoms. The molecule has 9 heteroatoms. The van der Waals surface area contributed by atoms with E-state index in [1.807, 2.05) is 13.0 Å². The summed E-state index contributed by atoms with van der Waals surface area (Å²) in [6, 6.07) is 9.79. The van der Waals surface area contributed by atoms with Crippen LogP contribution in [0.1, 0.15) is 34.1 Å². The van der Waals surface area contributed by atoms with Crippen molar-refractivity contribution in [3.8, 4) is 5.69 Å². The van der Waals surface area contributed by atoms with Gasteiger partial charge in [0, 0.05) is 6.20 Å². The zero-order valence-electron chi connectivity index (χ0n) is 17.8. The van der Waals surface area contributed by atoms with Gasteiger partial charge in [-0.2, -0.15) is 0 Å². The van der Waals surface area contributed by atoms with Crippen LogP contribution in [0.4, 0.5) is 10.1 Å². The highest BCUT2D eigenvalue weighted by Crippen LogP contribution is 2.19. The van der Waals surface area contributed by atoms with Crippen LogP contribution in [0.5, 0.6) is 0 Å². The van der Waals surface area contributed by atoms with Crippen molar-refractivity contribution < 1.29 is 23.5 Å².